The van der Waals surface area contributed by atoms with Gasteiger partial charge in [0.05, 0.1) is 6.04 Å². The van der Waals surface area contributed by atoms with Gasteiger partial charge in [0, 0.05) is 9.75 Å². The molecule has 94 valence electrons. The first-order valence-corrected chi connectivity index (χ1v) is 7.54. The average molecular weight is 249 g/mol. The van der Waals surface area contributed by atoms with Gasteiger partial charge in [0.15, 0.2) is 0 Å². The maximum atomic E-state index is 4.14. The molecule has 17 heavy (non-hydrogen) atoms. The van der Waals surface area contributed by atoms with Gasteiger partial charge in [-0.2, -0.15) is 0 Å². The summed E-state index contributed by atoms with van der Waals surface area (Å²) >= 11 is 2.00. The van der Waals surface area contributed by atoms with Crippen LogP contribution in [0.5, 0.6) is 0 Å². The second-order valence-electron chi connectivity index (χ2n) is 5.04. The van der Waals surface area contributed by atoms with Crippen LogP contribution in [0.25, 0.3) is 0 Å². The second-order valence-corrected chi connectivity index (χ2v) is 6.21. The van der Waals surface area contributed by atoms with Gasteiger partial charge in [-0.05, 0) is 57.2 Å². The highest BCUT2D eigenvalue weighted by Crippen LogP contribution is 2.34. The van der Waals surface area contributed by atoms with Crippen LogP contribution >= 0.6 is 11.3 Å². The summed E-state index contributed by atoms with van der Waals surface area (Å²) in [6.07, 6.45) is 6.48. The lowest BCUT2D eigenvalue weighted by atomic mass is 9.98. The largest absolute Gasteiger partial charge is 0.306 e. The van der Waals surface area contributed by atoms with Crippen LogP contribution in [0.4, 0.5) is 0 Å². The Labute approximate surface area is 109 Å². The van der Waals surface area contributed by atoms with Crippen LogP contribution in [0.2, 0.25) is 0 Å². The molecule has 0 bridgehead atoms. The molecule has 0 amide bonds. The molecule has 1 aromatic heterocycles. The molecule has 0 saturated heterocycles. The molecule has 0 aliphatic heterocycles. The molecule has 1 heterocycles. The summed E-state index contributed by atoms with van der Waals surface area (Å²) in [5, 5.41) is 3.61. The lowest BCUT2D eigenvalue weighted by Gasteiger charge is -2.16. The van der Waals surface area contributed by atoms with Crippen LogP contribution in [-0.4, -0.2) is 6.54 Å². The first-order valence-electron chi connectivity index (χ1n) is 6.72. The van der Waals surface area contributed by atoms with E-state index < -0.39 is 0 Å². The number of rotatable bonds is 5. The van der Waals surface area contributed by atoms with E-state index in [1.165, 1.54) is 42.6 Å². The van der Waals surface area contributed by atoms with E-state index in [4.69, 9.17) is 0 Å². The van der Waals surface area contributed by atoms with Gasteiger partial charge in [-0.25, -0.2) is 0 Å². The minimum absolute atomic E-state index is 0.366. The van der Waals surface area contributed by atoms with E-state index in [0.717, 1.165) is 6.54 Å². The minimum atomic E-state index is 0.366. The van der Waals surface area contributed by atoms with Crippen LogP contribution in [0.15, 0.2) is 18.2 Å². The summed E-state index contributed by atoms with van der Waals surface area (Å²) < 4.78 is 0. The van der Waals surface area contributed by atoms with Gasteiger partial charge in [0.2, 0.25) is 0 Å². The van der Waals surface area contributed by atoms with E-state index in [9.17, 15) is 0 Å². The zero-order valence-electron chi connectivity index (χ0n) is 11.0. The molecule has 1 unspecified atom stereocenters. The fourth-order valence-electron chi connectivity index (χ4n) is 2.46. The van der Waals surface area contributed by atoms with Crippen molar-refractivity contribution in [3.05, 3.63) is 33.5 Å². The van der Waals surface area contributed by atoms with Crippen molar-refractivity contribution in [1.29, 1.82) is 0 Å². The Kier molecular flexibility index (Phi) is 4.41. The first-order chi connectivity index (χ1) is 8.22. The highest BCUT2D eigenvalue weighted by molar-refractivity contribution is 7.12. The van der Waals surface area contributed by atoms with E-state index >= 15 is 0 Å². The molecule has 2 heteroatoms. The predicted octanol–water partition coefficient (Wildman–Crippen LogP) is 4.24. The van der Waals surface area contributed by atoms with Crippen molar-refractivity contribution in [2.75, 3.05) is 6.54 Å². The highest BCUT2D eigenvalue weighted by Gasteiger charge is 2.19. The van der Waals surface area contributed by atoms with Crippen LogP contribution in [0.1, 0.15) is 54.5 Å². The number of aryl methyl sites for hydroxylation is 2. The summed E-state index contributed by atoms with van der Waals surface area (Å²) in [7, 11) is 0. The number of hydrogen-bond acceptors (Lipinski definition) is 2. The molecule has 0 aromatic carbocycles. The molecule has 0 fully saturated rings. The Bertz CT molecular complexity index is 368. The number of thiophene rings is 1. The smallest absolute Gasteiger partial charge is 0.0625 e. The van der Waals surface area contributed by atoms with Gasteiger partial charge in [-0.1, -0.05) is 19.1 Å². The Morgan fingerprint density at radius 1 is 1.47 bits per heavy atom. The zero-order valence-corrected chi connectivity index (χ0v) is 11.8. The average Bonchev–Trinajstić information content (AvgIpc) is 2.72. The highest BCUT2D eigenvalue weighted by atomic mass is 32.1. The molecule has 1 aliphatic carbocycles. The van der Waals surface area contributed by atoms with Crippen molar-refractivity contribution in [3.8, 4) is 0 Å². The quantitative estimate of drug-likeness (QED) is 0.770. The van der Waals surface area contributed by atoms with Crippen LogP contribution in [-0.2, 0) is 12.8 Å². The lowest BCUT2D eigenvalue weighted by Crippen LogP contribution is -2.21. The predicted molar refractivity (Wildman–Crippen MR) is 76.8 cm³/mol. The molecular formula is C15H23NS. The topological polar surface area (TPSA) is 12.0 Å². The fourth-order valence-corrected chi connectivity index (χ4v) is 3.89. The molecule has 1 atom stereocenters. The fraction of sp³-hybridized carbons (Fsp3) is 0.600. The Morgan fingerprint density at radius 3 is 2.88 bits per heavy atom. The summed E-state index contributed by atoms with van der Waals surface area (Å²) in [6.45, 7) is 9.55. The molecule has 2 rings (SSSR count). The van der Waals surface area contributed by atoms with Gasteiger partial charge in [-0.15, -0.1) is 11.3 Å². The van der Waals surface area contributed by atoms with Crippen molar-refractivity contribution in [3.63, 3.8) is 0 Å². The van der Waals surface area contributed by atoms with Gasteiger partial charge < -0.3 is 5.32 Å². The van der Waals surface area contributed by atoms with Gasteiger partial charge in [-0.3, -0.25) is 0 Å². The maximum Gasteiger partial charge on any atom is 0.0625 e. The molecule has 0 saturated carbocycles. The maximum absolute atomic E-state index is 4.14. The third kappa shape index (κ3) is 2.99. The summed E-state index contributed by atoms with van der Waals surface area (Å²) in [4.78, 5) is 3.09. The SMILES string of the molecule is C=C(C)C(NCCC)c1cc2c(s1)CCCC2. The number of nitrogens with one attached hydrogen (secondary N) is 1. The van der Waals surface area contributed by atoms with Gasteiger partial charge >= 0.3 is 0 Å². The minimum Gasteiger partial charge on any atom is -0.306 e. The third-order valence-electron chi connectivity index (χ3n) is 3.39. The van der Waals surface area contributed by atoms with E-state index in [1.54, 1.807) is 10.4 Å². The van der Waals surface area contributed by atoms with Crippen LogP contribution in [0, 0.1) is 0 Å². The number of fused-ring (bicyclic) bond motifs is 1. The molecule has 1 nitrogen and oxygen atoms in total. The molecule has 1 aliphatic rings. The van der Waals surface area contributed by atoms with E-state index in [0.29, 0.717) is 6.04 Å². The van der Waals surface area contributed by atoms with Gasteiger partial charge in [0.25, 0.3) is 0 Å². The monoisotopic (exact) mass is 249 g/mol. The lowest BCUT2D eigenvalue weighted by molar-refractivity contribution is 0.598. The zero-order chi connectivity index (χ0) is 12.3. The summed E-state index contributed by atoms with van der Waals surface area (Å²) in [5.41, 5.74) is 2.83. The third-order valence-corrected chi connectivity index (χ3v) is 4.69. The van der Waals surface area contributed by atoms with E-state index in [-0.39, 0.29) is 0 Å². The molecule has 0 radical (unpaired) electrons. The Balaban J connectivity index is 2.17. The van der Waals surface area contributed by atoms with Crippen molar-refractivity contribution in [1.82, 2.24) is 5.32 Å². The summed E-state index contributed by atoms with van der Waals surface area (Å²) in [5.74, 6) is 0. The van der Waals surface area contributed by atoms with E-state index in [2.05, 4.69) is 31.8 Å². The standard InChI is InChI=1S/C15H23NS/c1-4-9-16-15(11(2)3)14-10-12-7-5-6-8-13(12)17-14/h10,15-16H,2,4-9H2,1,3H3. The normalized spacial score (nSPS) is 16.6. The van der Waals surface area contributed by atoms with Gasteiger partial charge in [0.1, 0.15) is 0 Å². The molecular weight excluding hydrogens is 226 g/mol. The Hall–Kier alpha value is -0.600. The molecule has 0 spiro atoms. The van der Waals surface area contributed by atoms with Crippen molar-refractivity contribution in [2.45, 2.75) is 52.0 Å². The van der Waals surface area contributed by atoms with Crippen LogP contribution < -0.4 is 5.32 Å². The van der Waals surface area contributed by atoms with Crippen molar-refractivity contribution >= 4 is 11.3 Å². The number of hydrogen-bond donors (Lipinski definition) is 1. The van der Waals surface area contributed by atoms with Crippen molar-refractivity contribution in [2.24, 2.45) is 0 Å². The Morgan fingerprint density at radius 2 is 2.24 bits per heavy atom. The molecule has 1 aromatic rings. The second kappa shape index (κ2) is 5.83. The van der Waals surface area contributed by atoms with E-state index in [1.807, 2.05) is 11.3 Å². The first kappa shape index (κ1) is 12.8. The summed E-state index contributed by atoms with van der Waals surface area (Å²) in [6, 6.07) is 2.78. The van der Waals surface area contributed by atoms with Crippen LogP contribution in [0.3, 0.4) is 0 Å². The molecule has 1 N–H and O–H groups in total. The van der Waals surface area contributed by atoms with Crippen molar-refractivity contribution < 1.29 is 0 Å².